The van der Waals surface area contributed by atoms with Crippen LogP contribution in [0.2, 0.25) is 0 Å². The maximum absolute atomic E-state index is 13.2. The first-order chi connectivity index (χ1) is 15.1. The molecule has 0 bridgehead atoms. The van der Waals surface area contributed by atoms with Crippen molar-refractivity contribution < 1.29 is 19.2 Å². The monoisotopic (exact) mass is 413 g/mol. The number of hydrogen-bond donors (Lipinski definition) is 2. The van der Waals surface area contributed by atoms with Crippen LogP contribution in [-0.4, -0.2) is 23.6 Å². The SMILES string of the molecule is O=C(Nc1ccccc1)C1C(=O)N(c2ccccc2)C(=O)C1C(=O)Nc1ccccc1. The van der Waals surface area contributed by atoms with E-state index in [2.05, 4.69) is 10.6 Å². The van der Waals surface area contributed by atoms with Crippen LogP contribution in [0, 0.1) is 11.8 Å². The fraction of sp³-hybridized carbons (Fsp3) is 0.0833. The van der Waals surface area contributed by atoms with Gasteiger partial charge in [0.05, 0.1) is 5.69 Å². The lowest BCUT2D eigenvalue weighted by Crippen LogP contribution is -2.38. The van der Waals surface area contributed by atoms with Crippen molar-refractivity contribution in [2.24, 2.45) is 11.8 Å². The summed E-state index contributed by atoms with van der Waals surface area (Å²) in [5.74, 6) is -5.88. The number of carbonyl (C=O) groups excluding carboxylic acids is 4. The first-order valence-corrected chi connectivity index (χ1v) is 9.71. The third kappa shape index (κ3) is 4.06. The summed E-state index contributed by atoms with van der Waals surface area (Å²) in [6.45, 7) is 0. The molecule has 31 heavy (non-hydrogen) atoms. The van der Waals surface area contributed by atoms with Crippen molar-refractivity contribution in [3.8, 4) is 0 Å². The van der Waals surface area contributed by atoms with E-state index in [1.54, 1.807) is 91.0 Å². The minimum atomic E-state index is -1.49. The topological polar surface area (TPSA) is 95.6 Å². The minimum Gasteiger partial charge on any atom is -0.325 e. The third-order valence-corrected chi connectivity index (χ3v) is 4.97. The maximum Gasteiger partial charge on any atom is 0.247 e. The third-order valence-electron chi connectivity index (χ3n) is 4.97. The summed E-state index contributed by atoms with van der Waals surface area (Å²) in [6.07, 6.45) is 0. The van der Waals surface area contributed by atoms with Gasteiger partial charge in [0.25, 0.3) is 0 Å². The van der Waals surface area contributed by atoms with Crippen LogP contribution < -0.4 is 15.5 Å². The Morgan fingerprint density at radius 1 is 0.581 bits per heavy atom. The summed E-state index contributed by atoms with van der Waals surface area (Å²) in [5.41, 5.74) is 1.24. The first kappa shape index (κ1) is 20.0. The Labute approximate surface area is 178 Å². The minimum absolute atomic E-state index is 0.310. The number of benzene rings is 3. The maximum atomic E-state index is 13.2. The van der Waals surface area contributed by atoms with E-state index in [-0.39, 0.29) is 0 Å². The second-order valence-corrected chi connectivity index (χ2v) is 7.01. The molecule has 0 aliphatic carbocycles. The predicted molar refractivity (Wildman–Crippen MR) is 116 cm³/mol. The van der Waals surface area contributed by atoms with Gasteiger partial charge in [-0.15, -0.1) is 0 Å². The van der Waals surface area contributed by atoms with Crippen LogP contribution >= 0.6 is 0 Å². The molecule has 4 rings (SSSR count). The number of imide groups is 1. The van der Waals surface area contributed by atoms with Crippen molar-refractivity contribution >= 4 is 40.7 Å². The summed E-state index contributed by atoms with van der Waals surface area (Å²) in [6, 6.07) is 25.4. The molecule has 4 amide bonds. The second-order valence-electron chi connectivity index (χ2n) is 7.01. The molecule has 154 valence electrons. The summed E-state index contributed by atoms with van der Waals surface area (Å²) in [4.78, 5) is 53.3. The van der Waals surface area contributed by atoms with Crippen LogP contribution in [0.25, 0.3) is 0 Å². The van der Waals surface area contributed by atoms with Crippen LogP contribution in [0.15, 0.2) is 91.0 Å². The molecule has 0 radical (unpaired) electrons. The number of nitrogens with one attached hydrogen (secondary N) is 2. The van der Waals surface area contributed by atoms with Gasteiger partial charge < -0.3 is 10.6 Å². The lowest BCUT2D eigenvalue weighted by atomic mass is 9.93. The number of amides is 4. The van der Waals surface area contributed by atoms with Gasteiger partial charge in [-0.3, -0.25) is 19.2 Å². The smallest absolute Gasteiger partial charge is 0.247 e. The molecular formula is C24H19N3O4. The van der Waals surface area contributed by atoms with Gasteiger partial charge in [0.1, 0.15) is 11.8 Å². The van der Waals surface area contributed by atoms with Crippen LogP contribution in [0.4, 0.5) is 17.1 Å². The molecule has 3 aromatic rings. The van der Waals surface area contributed by atoms with E-state index in [1.165, 1.54) is 0 Å². The molecule has 3 aromatic carbocycles. The van der Waals surface area contributed by atoms with Gasteiger partial charge in [-0.05, 0) is 36.4 Å². The molecule has 1 fully saturated rings. The van der Waals surface area contributed by atoms with Gasteiger partial charge in [-0.2, -0.15) is 0 Å². The molecule has 2 N–H and O–H groups in total. The van der Waals surface area contributed by atoms with Gasteiger partial charge >= 0.3 is 0 Å². The molecule has 0 aromatic heterocycles. The summed E-state index contributed by atoms with van der Waals surface area (Å²) < 4.78 is 0. The predicted octanol–water partition coefficient (Wildman–Crippen LogP) is 3.07. The van der Waals surface area contributed by atoms with Crippen LogP contribution in [0.1, 0.15) is 0 Å². The van der Waals surface area contributed by atoms with Crippen LogP contribution in [0.5, 0.6) is 0 Å². The Bertz CT molecular complexity index is 1050. The van der Waals surface area contributed by atoms with Crippen molar-refractivity contribution in [3.05, 3.63) is 91.0 Å². The zero-order valence-electron chi connectivity index (χ0n) is 16.4. The fourth-order valence-corrected chi connectivity index (χ4v) is 3.51. The van der Waals surface area contributed by atoms with Crippen molar-refractivity contribution in [1.29, 1.82) is 0 Å². The molecule has 0 saturated carbocycles. The van der Waals surface area contributed by atoms with Gasteiger partial charge in [0.15, 0.2) is 0 Å². The molecule has 1 aliphatic rings. The lowest BCUT2D eigenvalue weighted by molar-refractivity contribution is -0.137. The second kappa shape index (κ2) is 8.62. The summed E-state index contributed by atoms with van der Waals surface area (Å²) in [5, 5.41) is 5.27. The zero-order valence-corrected chi connectivity index (χ0v) is 16.4. The van der Waals surface area contributed by atoms with E-state index in [9.17, 15) is 19.2 Å². The van der Waals surface area contributed by atoms with Crippen molar-refractivity contribution in [2.75, 3.05) is 15.5 Å². The number of carbonyl (C=O) groups is 4. The van der Waals surface area contributed by atoms with Gasteiger partial charge in [-0.25, -0.2) is 4.90 Å². The fourth-order valence-electron chi connectivity index (χ4n) is 3.51. The van der Waals surface area contributed by atoms with Gasteiger partial charge in [0.2, 0.25) is 23.6 Å². The number of hydrogen-bond acceptors (Lipinski definition) is 4. The number of nitrogens with zero attached hydrogens (tertiary/aromatic N) is 1. The quantitative estimate of drug-likeness (QED) is 0.496. The first-order valence-electron chi connectivity index (χ1n) is 9.71. The Morgan fingerprint density at radius 3 is 1.32 bits per heavy atom. The molecule has 2 atom stereocenters. The standard InChI is InChI=1S/C24H19N3O4/c28-21(25-16-10-4-1-5-11-16)19-20(22(29)26-17-12-6-2-7-13-17)24(31)27(23(19)30)18-14-8-3-9-15-18/h1-15,19-20H,(H,25,28)(H,26,29). The van der Waals surface area contributed by atoms with Gasteiger partial charge in [0, 0.05) is 11.4 Å². The molecule has 1 aliphatic heterocycles. The molecule has 7 nitrogen and oxygen atoms in total. The van der Waals surface area contributed by atoms with Crippen molar-refractivity contribution in [1.82, 2.24) is 0 Å². The van der Waals surface area contributed by atoms with Crippen LogP contribution in [0.3, 0.4) is 0 Å². The Balaban J connectivity index is 1.67. The largest absolute Gasteiger partial charge is 0.325 e. The number of anilines is 3. The highest BCUT2D eigenvalue weighted by atomic mass is 16.2. The molecular weight excluding hydrogens is 394 g/mol. The van der Waals surface area contributed by atoms with E-state index in [4.69, 9.17) is 0 Å². The highest BCUT2D eigenvalue weighted by Crippen LogP contribution is 2.33. The Kier molecular flexibility index (Phi) is 5.57. The highest BCUT2D eigenvalue weighted by molar-refractivity contribution is 6.34. The van der Waals surface area contributed by atoms with E-state index >= 15 is 0 Å². The number of rotatable bonds is 5. The molecule has 1 heterocycles. The van der Waals surface area contributed by atoms with Gasteiger partial charge in [-0.1, -0.05) is 54.6 Å². The Hall–Kier alpha value is -4.26. The zero-order chi connectivity index (χ0) is 21.8. The number of para-hydroxylation sites is 3. The average molecular weight is 413 g/mol. The molecule has 2 unspecified atom stereocenters. The Morgan fingerprint density at radius 2 is 0.935 bits per heavy atom. The van der Waals surface area contributed by atoms with Crippen LogP contribution in [-0.2, 0) is 19.2 Å². The van der Waals surface area contributed by atoms with Crippen molar-refractivity contribution in [2.45, 2.75) is 0 Å². The van der Waals surface area contributed by atoms with E-state index in [0.29, 0.717) is 17.1 Å². The molecule has 0 spiro atoms. The average Bonchev–Trinajstić information content (AvgIpc) is 3.06. The van der Waals surface area contributed by atoms with Crippen molar-refractivity contribution in [3.63, 3.8) is 0 Å². The summed E-state index contributed by atoms with van der Waals surface area (Å²) in [7, 11) is 0. The normalized spacial score (nSPS) is 18.0. The molecule has 7 heteroatoms. The lowest BCUT2D eigenvalue weighted by Gasteiger charge is -2.15. The van der Waals surface area contributed by atoms with E-state index < -0.39 is 35.5 Å². The van der Waals surface area contributed by atoms with E-state index in [0.717, 1.165) is 4.90 Å². The summed E-state index contributed by atoms with van der Waals surface area (Å²) >= 11 is 0. The molecule has 1 saturated heterocycles. The van der Waals surface area contributed by atoms with E-state index in [1.807, 2.05) is 0 Å². The highest BCUT2D eigenvalue weighted by Gasteiger charge is 2.55.